The van der Waals surface area contributed by atoms with E-state index in [1.54, 1.807) is 18.5 Å². The van der Waals surface area contributed by atoms with E-state index in [4.69, 9.17) is 0 Å². The maximum absolute atomic E-state index is 12.5. The summed E-state index contributed by atoms with van der Waals surface area (Å²) in [6.07, 6.45) is 8.77. The number of imidazole rings is 1. The quantitative estimate of drug-likeness (QED) is 0.722. The fourth-order valence-electron chi connectivity index (χ4n) is 3.82. The summed E-state index contributed by atoms with van der Waals surface area (Å²) in [5.74, 6) is 0.669. The van der Waals surface area contributed by atoms with Crippen LogP contribution in [0, 0.1) is 6.92 Å². The second-order valence-electron chi connectivity index (χ2n) is 7.44. The van der Waals surface area contributed by atoms with Crippen molar-refractivity contribution in [1.82, 2.24) is 19.3 Å². The highest BCUT2D eigenvalue weighted by molar-refractivity contribution is 7.89. The van der Waals surface area contributed by atoms with Crippen molar-refractivity contribution >= 4 is 20.9 Å². The first-order valence-corrected chi connectivity index (χ1v) is 11.0. The molecular formula is C20H26N4O2S. The molecule has 7 heteroatoms. The normalized spacial score (nSPS) is 15.5. The second kappa shape index (κ2) is 7.13. The summed E-state index contributed by atoms with van der Waals surface area (Å²) >= 11 is 0. The Morgan fingerprint density at radius 3 is 2.70 bits per heavy atom. The molecule has 0 bridgehead atoms. The molecule has 0 fully saturated rings. The van der Waals surface area contributed by atoms with Crippen LogP contribution >= 0.6 is 0 Å². The summed E-state index contributed by atoms with van der Waals surface area (Å²) in [6, 6.07) is 6.17. The number of nitrogens with zero attached hydrogens (tertiary/aromatic N) is 2. The third kappa shape index (κ3) is 3.66. The molecule has 2 N–H and O–H groups in total. The monoisotopic (exact) mass is 386 g/mol. The Hall–Kier alpha value is -2.12. The number of nitrogens with one attached hydrogen (secondary N) is 2. The van der Waals surface area contributed by atoms with Crippen molar-refractivity contribution < 1.29 is 8.42 Å². The third-order valence-electron chi connectivity index (χ3n) is 5.49. The van der Waals surface area contributed by atoms with Gasteiger partial charge in [-0.2, -0.15) is 0 Å². The first-order chi connectivity index (χ1) is 12.9. The van der Waals surface area contributed by atoms with E-state index in [1.807, 2.05) is 6.07 Å². The lowest BCUT2D eigenvalue weighted by Crippen LogP contribution is -2.23. The lowest BCUT2D eigenvalue weighted by molar-refractivity contribution is 0.578. The maximum Gasteiger partial charge on any atom is 0.259 e. The largest absolute Gasteiger partial charge is 0.358 e. The second-order valence-corrected chi connectivity index (χ2v) is 9.15. The summed E-state index contributed by atoms with van der Waals surface area (Å²) in [4.78, 5) is 7.69. The average Bonchev–Trinajstić information content (AvgIpc) is 3.13. The first kappa shape index (κ1) is 18.3. The van der Waals surface area contributed by atoms with Crippen LogP contribution in [0.25, 0.3) is 10.9 Å². The molecule has 6 nitrogen and oxygen atoms in total. The SMILES string of the molecule is Cc1nc(S(=O)(=O)NCc2ccc3[nH]c4c(c3c2)CCCCCC4)cn1C. The van der Waals surface area contributed by atoms with Crippen LogP contribution < -0.4 is 4.72 Å². The van der Waals surface area contributed by atoms with Crippen LogP contribution in [-0.2, 0) is 36.5 Å². The molecule has 0 aliphatic heterocycles. The highest BCUT2D eigenvalue weighted by Gasteiger charge is 2.19. The number of fused-ring (bicyclic) bond motifs is 3. The zero-order chi connectivity index (χ0) is 19.0. The highest BCUT2D eigenvalue weighted by atomic mass is 32.2. The van der Waals surface area contributed by atoms with Crippen LogP contribution in [0.3, 0.4) is 0 Å². The molecule has 1 aliphatic carbocycles. The number of aromatic nitrogens is 3. The fourth-order valence-corrected chi connectivity index (χ4v) is 4.88. The number of aromatic amines is 1. The summed E-state index contributed by atoms with van der Waals surface area (Å²) in [5.41, 5.74) is 4.87. The van der Waals surface area contributed by atoms with Crippen LogP contribution in [-0.4, -0.2) is 23.0 Å². The van der Waals surface area contributed by atoms with Crippen molar-refractivity contribution in [2.24, 2.45) is 7.05 Å². The predicted octanol–water partition coefficient (Wildman–Crippen LogP) is 3.35. The molecule has 144 valence electrons. The molecule has 27 heavy (non-hydrogen) atoms. The molecule has 2 heterocycles. The van der Waals surface area contributed by atoms with Gasteiger partial charge in [0.2, 0.25) is 0 Å². The molecule has 3 aromatic rings. The summed E-state index contributed by atoms with van der Waals surface area (Å²) in [7, 11) is -1.83. The minimum Gasteiger partial charge on any atom is -0.358 e. The van der Waals surface area contributed by atoms with Gasteiger partial charge in [0, 0.05) is 36.4 Å². The van der Waals surface area contributed by atoms with Gasteiger partial charge in [-0.1, -0.05) is 18.9 Å². The van der Waals surface area contributed by atoms with Gasteiger partial charge in [-0.05, 0) is 55.9 Å². The Bertz CT molecular complexity index is 1060. The first-order valence-electron chi connectivity index (χ1n) is 9.56. The number of rotatable bonds is 4. The van der Waals surface area contributed by atoms with Gasteiger partial charge in [-0.3, -0.25) is 0 Å². The lowest BCUT2D eigenvalue weighted by Gasteiger charge is -2.10. The molecule has 0 spiro atoms. The molecule has 0 saturated carbocycles. The van der Waals surface area contributed by atoms with Gasteiger partial charge >= 0.3 is 0 Å². The molecular weight excluding hydrogens is 360 g/mol. The smallest absolute Gasteiger partial charge is 0.259 e. The van der Waals surface area contributed by atoms with Crippen molar-refractivity contribution in [2.75, 3.05) is 0 Å². The van der Waals surface area contributed by atoms with E-state index >= 15 is 0 Å². The van der Waals surface area contributed by atoms with Crippen molar-refractivity contribution in [3.8, 4) is 0 Å². The van der Waals surface area contributed by atoms with E-state index in [0.29, 0.717) is 5.82 Å². The molecule has 0 saturated heterocycles. The maximum atomic E-state index is 12.5. The molecule has 0 unspecified atom stereocenters. The van der Waals surface area contributed by atoms with E-state index in [2.05, 4.69) is 26.8 Å². The Kier molecular flexibility index (Phi) is 4.82. The minimum atomic E-state index is -3.62. The Morgan fingerprint density at radius 2 is 1.96 bits per heavy atom. The van der Waals surface area contributed by atoms with Crippen molar-refractivity contribution in [3.63, 3.8) is 0 Å². The number of aryl methyl sites for hydroxylation is 4. The Balaban J connectivity index is 1.58. The summed E-state index contributed by atoms with van der Waals surface area (Å²) in [6.45, 7) is 2.04. The molecule has 4 rings (SSSR count). The van der Waals surface area contributed by atoms with Gasteiger partial charge in [0.1, 0.15) is 5.82 Å². The molecule has 2 aromatic heterocycles. The van der Waals surface area contributed by atoms with E-state index in [1.165, 1.54) is 48.5 Å². The topological polar surface area (TPSA) is 79.8 Å². The van der Waals surface area contributed by atoms with E-state index in [9.17, 15) is 8.42 Å². The van der Waals surface area contributed by atoms with Crippen LogP contribution in [0.5, 0.6) is 0 Å². The van der Waals surface area contributed by atoms with Gasteiger partial charge < -0.3 is 9.55 Å². The molecule has 0 amide bonds. The van der Waals surface area contributed by atoms with E-state index in [-0.39, 0.29) is 11.6 Å². The third-order valence-corrected chi connectivity index (χ3v) is 6.76. The number of hydrogen-bond donors (Lipinski definition) is 2. The predicted molar refractivity (Wildman–Crippen MR) is 106 cm³/mol. The van der Waals surface area contributed by atoms with Gasteiger partial charge in [0.05, 0.1) is 0 Å². The summed E-state index contributed by atoms with van der Waals surface area (Å²) < 4.78 is 29.4. The van der Waals surface area contributed by atoms with Crippen molar-refractivity contribution in [1.29, 1.82) is 0 Å². The summed E-state index contributed by atoms with van der Waals surface area (Å²) in [5, 5.41) is 1.30. The highest BCUT2D eigenvalue weighted by Crippen LogP contribution is 2.28. The van der Waals surface area contributed by atoms with Crippen LogP contribution in [0.2, 0.25) is 0 Å². The molecule has 0 atom stereocenters. The zero-order valence-corrected chi connectivity index (χ0v) is 16.7. The molecule has 1 aliphatic rings. The standard InChI is InChI=1S/C20H26N4O2S/c1-14-22-20(13-24(14)2)27(25,26)21-12-15-9-10-19-17(11-15)16-7-5-3-4-6-8-18(16)23-19/h9-11,13,21,23H,3-8,12H2,1-2H3. The Morgan fingerprint density at radius 1 is 1.19 bits per heavy atom. The van der Waals surface area contributed by atoms with Gasteiger partial charge in [0.25, 0.3) is 10.0 Å². The molecule has 0 radical (unpaired) electrons. The van der Waals surface area contributed by atoms with Crippen LogP contribution in [0.1, 0.15) is 48.3 Å². The number of H-pyrrole nitrogens is 1. The Labute approximate surface area is 160 Å². The van der Waals surface area contributed by atoms with Gasteiger partial charge in [-0.25, -0.2) is 18.1 Å². The fraction of sp³-hybridized carbons (Fsp3) is 0.450. The van der Waals surface area contributed by atoms with Crippen molar-refractivity contribution in [2.45, 2.75) is 57.0 Å². The minimum absolute atomic E-state index is 0.0651. The van der Waals surface area contributed by atoms with Crippen molar-refractivity contribution in [3.05, 3.63) is 47.0 Å². The number of benzene rings is 1. The average molecular weight is 387 g/mol. The number of sulfonamides is 1. The number of hydrogen-bond acceptors (Lipinski definition) is 3. The van der Waals surface area contributed by atoms with Gasteiger partial charge in [-0.15, -0.1) is 0 Å². The van der Waals surface area contributed by atoms with E-state index < -0.39 is 10.0 Å². The van der Waals surface area contributed by atoms with E-state index in [0.717, 1.165) is 23.9 Å². The van der Waals surface area contributed by atoms with Crippen LogP contribution in [0.4, 0.5) is 0 Å². The lowest BCUT2D eigenvalue weighted by atomic mass is 9.96. The molecule has 1 aromatic carbocycles. The van der Waals surface area contributed by atoms with Crippen LogP contribution in [0.15, 0.2) is 29.4 Å². The zero-order valence-electron chi connectivity index (χ0n) is 15.9. The van der Waals surface area contributed by atoms with Gasteiger partial charge in [0.15, 0.2) is 5.03 Å².